The highest BCUT2D eigenvalue weighted by atomic mass is 16.6. The Labute approximate surface area is 108 Å². The summed E-state index contributed by atoms with van der Waals surface area (Å²) in [6.45, 7) is 10.2. The van der Waals surface area contributed by atoms with Crippen LogP contribution in [0.2, 0.25) is 0 Å². The van der Waals surface area contributed by atoms with Crippen LogP contribution in [-0.4, -0.2) is 54.6 Å². The van der Waals surface area contributed by atoms with E-state index in [-0.39, 0.29) is 17.7 Å². The number of hydrogen-bond donors (Lipinski definition) is 0. The van der Waals surface area contributed by atoms with Crippen LogP contribution >= 0.6 is 0 Å². The van der Waals surface area contributed by atoms with Crippen molar-refractivity contribution in [2.24, 2.45) is 0 Å². The van der Waals surface area contributed by atoms with Gasteiger partial charge in [-0.3, -0.25) is 0 Å². The maximum absolute atomic E-state index is 12.1. The van der Waals surface area contributed by atoms with E-state index in [1.165, 1.54) is 0 Å². The van der Waals surface area contributed by atoms with Gasteiger partial charge in [0.25, 0.3) is 0 Å². The number of nitrogens with zero attached hydrogens (tertiary/aromatic N) is 1. The molecule has 2 heterocycles. The van der Waals surface area contributed by atoms with Gasteiger partial charge >= 0.3 is 6.09 Å². The van der Waals surface area contributed by atoms with Crippen LogP contribution in [0.5, 0.6) is 0 Å². The Hall–Kier alpha value is -0.810. The highest BCUT2D eigenvalue weighted by Gasteiger charge is 2.44. The number of ether oxygens (including phenoxy) is 3. The van der Waals surface area contributed by atoms with Crippen LogP contribution in [-0.2, 0) is 14.2 Å². The molecule has 0 spiro atoms. The van der Waals surface area contributed by atoms with E-state index in [1.807, 2.05) is 20.8 Å². The van der Waals surface area contributed by atoms with Gasteiger partial charge in [0.05, 0.1) is 31.5 Å². The average molecular weight is 257 g/mol. The van der Waals surface area contributed by atoms with Crippen LogP contribution < -0.4 is 0 Å². The quantitative estimate of drug-likeness (QED) is 0.708. The SMILES string of the molecule is CC(C)(C)OC(=O)N1CCOCC1CC1(C)CO1. The Bertz CT molecular complexity index is 319. The number of amides is 1. The average Bonchev–Trinajstić information content (AvgIpc) is 2.94. The largest absolute Gasteiger partial charge is 0.444 e. The Morgan fingerprint density at radius 3 is 2.72 bits per heavy atom. The van der Waals surface area contributed by atoms with Crippen molar-refractivity contribution in [3.8, 4) is 0 Å². The van der Waals surface area contributed by atoms with Gasteiger partial charge in [0.1, 0.15) is 5.60 Å². The van der Waals surface area contributed by atoms with Crippen molar-refractivity contribution in [1.82, 2.24) is 4.90 Å². The molecule has 2 fully saturated rings. The molecule has 2 atom stereocenters. The fourth-order valence-electron chi connectivity index (χ4n) is 2.12. The van der Waals surface area contributed by atoms with E-state index in [0.717, 1.165) is 13.0 Å². The van der Waals surface area contributed by atoms with Crippen molar-refractivity contribution >= 4 is 6.09 Å². The summed E-state index contributed by atoms with van der Waals surface area (Å²) < 4.78 is 16.3. The Morgan fingerprint density at radius 1 is 1.50 bits per heavy atom. The second-order valence-electron chi connectivity index (χ2n) is 6.35. The summed E-state index contributed by atoms with van der Waals surface area (Å²) in [6.07, 6.45) is 0.562. The van der Waals surface area contributed by atoms with Crippen molar-refractivity contribution in [3.63, 3.8) is 0 Å². The molecule has 0 aromatic heterocycles. The van der Waals surface area contributed by atoms with Crippen molar-refractivity contribution in [2.75, 3.05) is 26.4 Å². The van der Waals surface area contributed by atoms with Gasteiger partial charge in [-0.05, 0) is 27.7 Å². The smallest absolute Gasteiger partial charge is 0.410 e. The van der Waals surface area contributed by atoms with Crippen LogP contribution in [0.1, 0.15) is 34.1 Å². The van der Waals surface area contributed by atoms with E-state index >= 15 is 0 Å². The van der Waals surface area contributed by atoms with Crippen LogP contribution in [0.4, 0.5) is 4.79 Å². The Morgan fingerprint density at radius 2 is 2.17 bits per heavy atom. The molecule has 5 nitrogen and oxygen atoms in total. The predicted molar refractivity (Wildman–Crippen MR) is 66.5 cm³/mol. The minimum Gasteiger partial charge on any atom is -0.444 e. The third-order valence-electron chi connectivity index (χ3n) is 3.16. The second-order valence-corrected chi connectivity index (χ2v) is 6.35. The number of hydrogen-bond acceptors (Lipinski definition) is 4. The summed E-state index contributed by atoms with van der Waals surface area (Å²) in [5.74, 6) is 0. The van der Waals surface area contributed by atoms with E-state index in [4.69, 9.17) is 14.2 Å². The number of rotatable bonds is 2. The molecule has 0 bridgehead atoms. The third kappa shape index (κ3) is 3.59. The molecule has 2 aliphatic rings. The molecule has 1 amide bonds. The number of carbonyl (C=O) groups is 1. The molecule has 0 radical (unpaired) electrons. The van der Waals surface area contributed by atoms with Gasteiger partial charge in [0.2, 0.25) is 0 Å². The zero-order chi connectivity index (χ0) is 13.4. The zero-order valence-corrected chi connectivity index (χ0v) is 11.7. The van der Waals surface area contributed by atoms with Crippen LogP contribution in [0.25, 0.3) is 0 Å². The summed E-state index contributed by atoms with van der Waals surface area (Å²) in [4.78, 5) is 13.9. The van der Waals surface area contributed by atoms with Gasteiger partial charge in [0, 0.05) is 13.0 Å². The minimum atomic E-state index is -0.458. The first kappa shape index (κ1) is 13.6. The molecule has 0 aliphatic carbocycles. The van der Waals surface area contributed by atoms with Crippen molar-refractivity contribution < 1.29 is 19.0 Å². The summed E-state index contributed by atoms with van der Waals surface area (Å²) in [5.41, 5.74) is -0.536. The molecule has 18 heavy (non-hydrogen) atoms. The summed E-state index contributed by atoms with van der Waals surface area (Å²) in [7, 11) is 0. The van der Waals surface area contributed by atoms with E-state index < -0.39 is 5.60 Å². The fraction of sp³-hybridized carbons (Fsp3) is 0.923. The minimum absolute atomic E-state index is 0.0566. The molecule has 0 aromatic carbocycles. The normalized spacial score (nSPS) is 32.2. The van der Waals surface area contributed by atoms with Crippen molar-refractivity contribution in [2.45, 2.75) is 51.4 Å². The maximum Gasteiger partial charge on any atom is 0.410 e. The lowest BCUT2D eigenvalue weighted by Crippen LogP contribution is -2.51. The molecular formula is C13H23NO4. The standard InChI is InChI=1S/C13H23NO4/c1-12(2,3)18-11(15)14-5-6-16-8-10(14)7-13(4)9-17-13/h10H,5-9H2,1-4H3. The molecule has 2 unspecified atom stereocenters. The topological polar surface area (TPSA) is 51.3 Å². The summed E-state index contributed by atoms with van der Waals surface area (Å²) in [5, 5.41) is 0. The van der Waals surface area contributed by atoms with Gasteiger partial charge in [-0.25, -0.2) is 4.79 Å². The van der Waals surface area contributed by atoms with E-state index in [2.05, 4.69) is 6.92 Å². The van der Waals surface area contributed by atoms with Crippen LogP contribution in [0, 0.1) is 0 Å². The van der Waals surface area contributed by atoms with Crippen LogP contribution in [0.3, 0.4) is 0 Å². The second kappa shape index (κ2) is 4.70. The fourth-order valence-corrected chi connectivity index (χ4v) is 2.12. The molecule has 5 heteroatoms. The summed E-state index contributed by atoms with van der Waals surface area (Å²) >= 11 is 0. The first-order chi connectivity index (χ1) is 8.29. The van der Waals surface area contributed by atoms with Gasteiger partial charge in [-0.2, -0.15) is 0 Å². The van der Waals surface area contributed by atoms with Gasteiger partial charge in [0.15, 0.2) is 0 Å². The highest BCUT2D eigenvalue weighted by molar-refractivity contribution is 5.68. The number of carbonyl (C=O) groups excluding carboxylic acids is 1. The monoisotopic (exact) mass is 257 g/mol. The lowest BCUT2D eigenvalue weighted by atomic mass is 10.0. The van der Waals surface area contributed by atoms with Gasteiger partial charge < -0.3 is 19.1 Å². The Kier molecular flexibility index (Phi) is 3.56. The first-order valence-electron chi connectivity index (χ1n) is 6.50. The molecular weight excluding hydrogens is 234 g/mol. The van der Waals surface area contributed by atoms with Crippen molar-refractivity contribution in [3.05, 3.63) is 0 Å². The number of morpholine rings is 1. The summed E-state index contributed by atoms with van der Waals surface area (Å²) in [6, 6.07) is 0.0566. The maximum atomic E-state index is 12.1. The van der Waals surface area contributed by atoms with Crippen LogP contribution in [0.15, 0.2) is 0 Å². The predicted octanol–water partition coefficient (Wildman–Crippen LogP) is 1.80. The van der Waals surface area contributed by atoms with E-state index in [9.17, 15) is 4.79 Å². The molecule has 0 N–H and O–H groups in total. The van der Waals surface area contributed by atoms with Gasteiger partial charge in [-0.15, -0.1) is 0 Å². The molecule has 2 saturated heterocycles. The zero-order valence-electron chi connectivity index (χ0n) is 11.7. The molecule has 0 saturated carbocycles. The molecule has 2 aliphatic heterocycles. The van der Waals surface area contributed by atoms with E-state index in [0.29, 0.717) is 19.8 Å². The molecule has 104 valence electrons. The Balaban J connectivity index is 1.96. The van der Waals surface area contributed by atoms with E-state index in [1.54, 1.807) is 4.90 Å². The highest BCUT2D eigenvalue weighted by Crippen LogP contribution is 2.33. The lowest BCUT2D eigenvalue weighted by molar-refractivity contribution is -0.0380. The van der Waals surface area contributed by atoms with Gasteiger partial charge in [-0.1, -0.05) is 0 Å². The molecule has 0 aromatic rings. The molecule has 2 rings (SSSR count). The third-order valence-corrected chi connectivity index (χ3v) is 3.16. The number of epoxide rings is 1. The lowest BCUT2D eigenvalue weighted by Gasteiger charge is -2.37. The van der Waals surface area contributed by atoms with Crippen molar-refractivity contribution in [1.29, 1.82) is 0 Å². The first-order valence-corrected chi connectivity index (χ1v) is 6.50.